The van der Waals surface area contributed by atoms with E-state index in [9.17, 15) is 14.9 Å². The van der Waals surface area contributed by atoms with Crippen molar-refractivity contribution in [1.82, 2.24) is 4.57 Å². The summed E-state index contributed by atoms with van der Waals surface area (Å²) in [4.78, 5) is 26.1. The molecule has 0 bridgehead atoms. The summed E-state index contributed by atoms with van der Waals surface area (Å²) in [6, 6.07) is 16.4. The molecule has 172 valence electrons. The van der Waals surface area contributed by atoms with Crippen LogP contribution in [0.5, 0.6) is 11.5 Å². The Bertz CT molecular complexity index is 1510. The van der Waals surface area contributed by atoms with Crippen molar-refractivity contribution < 1.29 is 19.0 Å². The van der Waals surface area contributed by atoms with E-state index in [-0.39, 0.29) is 17.0 Å². The predicted octanol–water partition coefficient (Wildman–Crippen LogP) is 1.53. The summed E-state index contributed by atoms with van der Waals surface area (Å²) >= 11 is 1.14. The van der Waals surface area contributed by atoms with Gasteiger partial charge in [0.05, 0.1) is 49.0 Å². The molecule has 3 aromatic rings. The third kappa shape index (κ3) is 3.84. The number of hydrogen-bond acceptors (Lipinski definition) is 8. The van der Waals surface area contributed by atoms with Crippen LogP contribution < -0.4 is 30.0 Å². The quantitative estimate of drug-likeness (QED) is 0.556. The van der Waals surface area contributed by atoms with Crippen molar-refractivity contribution in [1.29, 1.82) is 5.26 Å². The van der Waals surface area contributed by atoms with Crippen molar-refractivity contribution in [3.8, 4) is 17.6 Å². The Morgan fingerprint density at radius 1 is 1.06 bits per heavy atom. The van der Waals surface area contributed by atoms with Crippen LogP contribution in [0.4, 0.5) is 0 Å². The molecule has 1 aliphatic heterocycles. The van der Waals surface area contributed by atoms with Crippen LogP contribution in [0.3, 0.4) is 0 Å². The van der Waals surface area contributed by atoms with Crippen LogP contribution >= 0.6 is 11.3 Å². The van der Waals surface area contributed by atoms with Crippen LogP contribution in [0.15, 0.2) is 58.9 Å². The zero-order valence-electron chi connectivity index (χ0n) is 18.7. The Kier molecular flexibility index (Phi) is 6.25. The van der Waals surface area contributed by atoms with Gasteiger partial charge in [0.2, 0.25) is 0 Å². The van der Waals surface area contributed by atoms with Crippen molar-refractivity contribution in [2.75, 3.05) is 21.3 Å². The number of carbonyl (C=O) groups is 1. The zero-order valence-corrected chi connectivity index (χ0v) is 19.5. The summed E-state index contributed by atoms with van der Waals surface area (Å²) in [6.07, 6.45) is 1.71. The number of aromatic nitrogens is 1. The molecule has 1 aliphatic rings. The second-order valence-electron chi connectivity index (χ2n) is 7.35. The molecule has 2 N–H and O–H groups in total. The monoisotopic (exact) mass is 475 g/mol. The first kappa shape index (κ1) is 22.9. The summed E-state index contributed by atoms with van der Waals surface area (Å²) in [7, 11) is 4.35. The molecule has 0 saturated heterocycles. The molecule has 8 nitrogen and oxygen atoms in total. The summed E-state index contributed by atoms with van der Waals surface area (Å²) in [6.45, 7) is 0. The number of nitrogens with two attached hydrogens (primary N) is 1. The Morgan fingerprint density at radius 2 is 1.65 bits per heavy atom. The highest BCUT2D eigenvalue weighted by atomic mass is 32.1. The molecule has 9 heteroatoms. The normalized spacial score (nSPS) is 15.5. The summed E-state index contributed by atoms with van der Waals surface area (Å²) < 4.78 is 17.3. The first-order chi connectivity index (χ1) is 16.4. The van der Waals surface area contributed by atoms with E-state index in [1.54, 1.807) is 56.7 Å². The number of nitrogens with zero attached hydrogens (tertiary/aromatic N) is 2. The molecule has 4 rings (SSSR count). The zero-order chi connectivity index (χ0) is 24.4. The second-order valence-corrected chi connectivity index (χ2v) is 8.38. The van der Waals surface area contributed by atoms with E-state index in [0.717, 1.165) is 16.9 Å². The summed E-state index contributed by atoms with van der Waals surface area (Å²) in [5.74, 6) is -0.251. The average molecular weight is 476 g/mol. The lowest BCUT2D eigenvalue weighted by Gasteiger charge is -2.24. The van der Waals surface area contributed by atoms with E-state index in [4.69, 9.17) is 19.9 Å². The number of rotatable bonds is 5. The molecular weight excluding hydrogens is 454 g/mol. The maximum Gasteiger partial charge on any atom is 0.338 e. The minimum atomic E-state index is -0.796. The molecule has 2 aromatic carbocycles. The molecule has 1 aromatic heterocycles. The van der Waals surface area contributed by atoms with Crippen LogP contribution in [0.25, 0.3) is 17.5 Å². The van der Waals surface area contributed by atoms with Gasteiger partial charge in [0.1, 0.15) is 22.0 Å². The highest BCUT2D eigenvalue weighted by Gasteiger charge is 2.36. The van der Waals surface area contributed by atoms with E-state index in [2.05, 4.69) is 6.07 Å². The number of esters is 1. The number of hydrogen-bond donors (Lipinski definition) is 1. The summed E-state index contributed by atoms with van der Waals surface area (Å²) in [5.41, 5.74) is 7.65. The van der Waals surface area contributed by atoms with Crippen molar-refractivity contribution in [2.45, 2.75) is 5.92 Å². The number of thiazole rings is 1. The fourth-order valence-corrected chi connectivity index (χ4v) is 4.97. The maximum absolute atomic E-state index is 13.3. The Hall–Kier alpha value is -4.29. The smallest absolute Gasteiger partial charge is 0.338 e. The van der Waals surface area contributed by atoms with Gasteiger partial charge < -0.3 is 19.9 Å². The first-order valence-corrected chi connectivity index (χ1v) is 11.0. The molecule has 0 saturated carbocycles. The number of ether oxygens (including phenoxy) is 3. The largest absolute Gasteiger partial charge is 0.497 e. The molecule has 1 atom stereocenters. The standard InChI is InChI=1S/C25H21N3O5S/c1-31-16-8-4-14(5-9-16)12-19-23(29)28-22(27)21(25(30)33-3)20(18(13-26)24(28)34-19)15-6-10-17(32-2)11-7-15/h4-12,20H,27H2,1-3H3/b19-12+/t20-/m0/s1. The van der Waals surface area contributed by atoms with Gasteiger partial charge in [0.25, 0.3) is 5.56 Å². The van der Waals surface area contributed by atoms with Crippen molar-refractivity contribution in [3.63, 3.8) is 0 Å². The highest BCUT2D eigenvalue weighted by Crippen LogP contribution is 2.37. The van der Waals surface area contributed by atoms with E-state index in [0.29, 0.717) is 26.3 Å². The van der Waals surface area contributed by atoms with Crippen molar-refractivity contribution in [3.05, 3.63) is 84.8 Å². The van der Waals surface area contributed by atoms with E-state index < -0.39 is 17.4 Å². The number of methoxy groups -OCH3 is 3. The highest BCUT2D eigenvalue weighted by molar-refractivity contribution is 7.07. The molecule has 0 aliphatic carbocycles. The molecule has 2 heterocycles. The number of nitriles is 1. The fourth-order valence-electron chi connectivity index (χ4n) is 3.84. The minimum Gasteiger partial charge on any atom is -0.497 e. The lowest BCUT2D eigenvalue weighted by molar-refractivity contribution is -0.136. The van der Waals surface area contributed by atoms with Crippen LogP contribution in [-0.4, -0.2) is 31.9 Å². The van der Waals surface area contributed by atoms with Gasteiger partial charge in [-0.2, -0.15) is 5.26 Å². The average Bonchev–Trinajstić information content (AvgIpc) is 3.19. The summed E-state index contributed by atoms with van der Waals surface area (Å²) in [5, 5.41) is 10.1. The number of benzene rings is 2. The van der Waals surface area contributed by atoms with Crippen molar-refractivity contribution in [2.24, 2.45) is 5.73 Å². The van der Waals surface area contributed by atoms with Crippen LogP contribution in [0, 0.1) is 11.3 Å². The van der Waals surface area contributed by atoms with Gasteiger partial charge in [-0.1, -0.05) is 24.3 Å². The molecule has 0 fully saturated rings. The number of carbonyl (C=O) groups excluding carboxylic acids is 1. The molecular formula is C25H21N3O5S. The van der Waals surface area contributed by atoms with Gasteiger partial charge >= 0.3 is 5.97 Å². The van der Waals surface area contributed by atoms with Gasteiger partial charge in [-0.05, 0) is 41.5 Å². The van der Waals surface area contributed by atoms with Gasteiger partial charge in [0.15, 0.2) is 0 Å². The van der Waals surface area contributed by atoms with Gasteiger partial charge in [0, 0.05) is 0 Å². The molecule has 0 unspecified atom stereocenters. The predicted molar refractivity (Wildman–Crippen MR) is 129 cm³/mol. The maximum atomic E-state index is 13.3. The van der Waals surface area contributed by atoms with E-state index in [1.807, 2.05) is 12.1 Å². The molecule has 0 amide bonds. The SMILES string of the molecule is COC(=O)C1=C(N)n2c(s/c(=C/c3ccc(OC)cc3)c2=O)=C(C#N)[C@@H]1c1ccc(OC)cc1. The van der Waals surface area contributed by atoms with Gasteiger partial charge in [-0.15, -0.1) is 11.3 Å². The lowest BCUT2D eigenvalue weighted by Crippen LogP contribution is -2.40. The number of fused-ring (bicyclic) bond motifs is 1. The second kappa shape index (κ2) is 9.29. The van der Waals surface area contributed by atoms with Crippen LogP contribution in [0.1, 0.15) is 17.0 Å². The minimum absolute atomic E-state index is 0.0348. The van der Waals surface area contributed by atoms with Gasteiger partial charge in [-0.3, -0.25) is 9.36 Å². The van der Waals surface area contributed by atoms with Crippen molar-refractivity contribution >= 4 is 34.8 Å². The topological polar surface area (TPSA) is 117 Å². The van der Waals surface area contributed by atoms with Gasteiger partial charge in [-0.25, -0.2) is 4.79 Å². The lowest BCUT2D eigenvalue weighted by atomic mass is 9.84. The van der Waals surface area contributed by atoms with Crippen LogP contribution in [0.2, 0.25) is 0 Å². The Labute approximate surface area is 199 Å². The molecule has 0 spiro atoms. The Balaban J connectivity index is 2.01. The Morgan fingerprint density at radius 3 is 2.18 bits per heavy atom. The first-order valence-electron chi connectivity index (χ1n) is 10.2. The molecule has 0 radical (unpaired) electrons. The third-order valence-corrected chi connectivity index (χ3v) is 6.64. The molecule has 34 heavy (non-hydrogen) atoms. The van der Waals surface area contributed by atoms with Crippen LogP contribution in [-0.2, 0) is 9.53 Å². The van der Waals surface area contributed by atoms with E-state index in [1.165, 1.54) is 11.7 Å². The fraction of sp³-hybridized carbons (Fsp3) is 0.160. The third-order valence-electron chi connectivity index (χ3n) is 5.54. The van der Waals surface area contributed by atoms with E-state index >= 15 is 0 Å².